The van der Waals surface area contributed by atoms with Gasteiger partial charge in [-0.2, -0.15) is 0 Å². The summed E-state index contributed by atoms with van der Waals surface area (Å²) in [6, 6.07) is 9.16. The lowest BCUT2D eigenvalue weighted by molar-refractivity contribution is -0.159. The molecule has 1 aromatic heterocycles. The second-order valence-electron chi connectivity index (χ2n) is 7.74. The van der Waals surface area contributed by atoms with E-state index in [0.717, 1.165) is 11.1 Å². The molecule has 29 heavy (non-hydrogen) atoms. The summed E-state index contributed by atoms with van der Waals surface area (Å²) in [5.74, 6) is 0. The van der Waals surface area contributed by atoms with E-state index in [0.29, 0.717) is 48.8 Å². The maximum Gasteiger partial charge on any atom is 0.409 e. The van der Waals surface area contributed by atoms with Crippen LogP contribution in [0, 0.1) is 0 Å². The fraction of sp³-hybridized carbons (Fsp3) is 0.455. The van der Waals surface area contributed by atoms with Crippen LogP contribution in [0.5, 0.6) is 0 Å². The number of halogens is 1. The number of nitrogens with zero attached hydrogens (tertiary/aromatic N) is 2. The molecule has 1 saturated heterocycles. The average Bonchev–Trinajstić information content (AvgIpc) is 2.84. The molecule has 2 aliphatic rings. The molecule has 0 bridgehead atoms. The van der Waals surface area contributed by atoms with Crippen molar-refractivity contribution < 1.29 is 19.7 Å². The lowest BCUT2D eigenvalue weighted by Gasteiger charge is -2.48. The molecule has 1 aliphatic heterocycles. The molecule has 4 rings (SSSR count). The van der Waals surface area contributed by atoms with Crippen molar-refractivity contribution >= 4 is 17.7 Å². The molecule has 2 N–H and O–H groups in total. The second-order valence-corrected chi connectivity index (χ2v) is 8.18. The summed E-state index contributed by atoms with van der Waals surface area (Å²) in [4.78, 5) is 18.2. The summed E-state index contributed by atoms with van der Waals surface area (Å²) in [5.41, 5.74) is -0.255. The quantitative estimate of drug-likeness (QED) is 0.786. The van der Waals surface area contributed by atoms with E-state index in [1.54, 1.807) is 30.2 Å². The Morgan fingerprint density at radius 3 is 2.66 bits per heavy atom. The van der Waals surface area contributed by atoms with Crippen LogP contribution in [0.2, 0.25) is 5.02 Å². The van der Waals surface area contributed by atoms with Gasteiger partial charge in [0.05, 0.1) is 12.3 Å². The van der Waals surface area contributed by atoms with Crippen LogP contribution >= 0.6 is 11.6 Å². The van der Waals surface area contributed by atoms with Crippen LogP contribution in [0.4, 0.5) is 4.79 Å². The molecular formula is C22H25ClN2O4. The van der Waals surface area contributed by atoms with Gasteiger partial charge < -0.3 is 19.8 Å². The largest absolute Gasteiger partial charge is 0.450 e. The molecule has 7 heteroatoms. The van der Waals surface area contributed by atoms with Crippen LogP contribution in [-0.2, 0) is 23.2 Å². The first kappa shape index (κ1) is 20.1. The Balaban J connectivity index is 1.79. The molecule has 6 nitrogen and oxygen atoms in total. The van der Waals surface area contributed by atoms with Crippen LogP contribution < -0.4 is 0 Å². The molecule has 1 atom stereocenters. The molecule has 1 aromatic carbocycles. The highest BCUT2D eigenvalue weighted by atomic mass is 35.5. The smallest absolute Gasteiger partial charge is 0.409 e. The van der Waals surface area contributed by atoms with Crippen molar-refractivity contribution in [3.05, 3.63) is 63.9 Å². The molecule has 0 spiro atoms. The maximum absolute atomic E-state index is 12.2. The molecule has 1 aliphatic carbocycles. The maximum atomic E-state index is 12.2. The average molecular weight is 417 g/mol. The predicted molar refractivity (Wildman–Crippen MR) is 109 cm³/mol. The van der Waals surface area contributed by atoms with Gasteiger partial charge >= 0.3 is 6.09 Å². The number of ether oxygens (including phenoxy) is 1. The zero-order valence-corrected chi connectivity index (χ0v) is 17.2. The molecule has 1 unspecified atom stereocenters. The van der Waals surface area contributed by atoms with Crippen LogP contribution in [-0.4, -0.2) is 51.5 Å². The van der Waals surface area contributed by atoms with Crippen molar-refractivity contribution in [2.75, 3.05) is 19.7 Å². The highest BCUT2D eigenvalue weighted by Gasteiger charge is 2.56. The van der Waals surface area contributed by atoms with Crippen molar-refractivity contribution in [1.29, 1.82) is 0 Å². The summed E-state index contributed by atoms with van der Waals surface area (Å²) in [7, 11) is 0. The van der Waals surface area contributed by atoms with Gasteiger partial charge in [-0.05, 0) is 67.5 Å². The van der Waals surface area contributed by atoms with Crippen molar-refractivity contribution in [3.63, 3.8) is 0 Å². The van der Waals surface area contributed by atoms with Crippen LogP contribution in [0.3, 0.4) is 0 Å². The van der Waals surface area contributed by atoms with Crippen molar-refractivity contribution in [1.82, 2.24) is 9.88 Å². The normalized spacial score (nSPS) is 23.0. The fourth-order valence-electron chi connectivity index (χ4n) is 4.59. The number of hydrogen-bond acceptors (Lipinski definition) is 5. The first-order valence-electron chi connectivity index (χ1n) is 9.99. The van der Waals surface area contributed by atoms with E-state index in [4.69, 9.17) is 16.3 Å². The standard InChI is InChI=1S/C22H25ClN2O4/c1-2-29-20(26)25-12-9-21(27,10-13-25)22(28)18-8-7-17(23)14-16(18)6-5-15-4-3-11-24-19(15)22/h3-4,7-8,11,14,27-28H,2,5-6,9-10,12-13H2,1H3. The van der Waals surface area contributed by atoms with E-state index in [9.17, 15) is 15.0 Å². The number of hydrogen-bond donors (Lipinski definition) is 2. The van der Waals surface area contributed by atoms with E-state index < -0.39 is 17.3 Å². The molecule has 2 aromatic rings. The number of rotatable bonds is 2. The Hall–Kier alpha value is -2.15. The second kappa shape index (κ2) is 7.59. The van der Waals surface area contributed by atoms with Gasteiger partial charge in [0.1, 0.15) is 5.60 Å². The van der Waals surface area contributed by atoms with Crippen molar-refractivity contribution in [3.8, 4) is 0 Å². The summed E-state index contributed by atoms with van der Waals surface area (Å²) in [5, 5.41) is 24.5. The summed E-state index contributed by atoms with van der Waals surface area (Å²) in [6.07, 6.45) is 3.06. The number of pyridine rings is 1. The highest BCUT2D eigenvalue weighted by Crippen LogP contribution is 2.48. The predicted octanol–water partition coefficient (Wildman–Crippen LogP) is 3.05. The lowest BCUT2D eigenvalue weighted by atomic mass is 9.69. The Morgan fingerprint density at radius 2 is 1.93 bits per heavy atom. The number of piperidine rings is 1. The van der Waals surface area contributed by atoms with E-state index >= 15 is 0 Å². The minimum atomic E-state index is -1.69. The van der Waals surface area contributed by atoms with E-state index in [-0.39, 0.29) is 12.8 Å². The molecule has 2 heterocycles. The number of likely N-dealkylation sites (tertiary alicyclic amines) is 1. The number of amides is 1. The Labute approximate surface area is 175 Å². The van der Waals surface area contributed by atoms with Gasteiger partial charge in [-0.15, -0.1) is 0 Å². The van der Waals surface area contributed by atoms with Gasteiger partial charge in [-0.3, -0.25) is 4.98 Å². The molecule has 0 saturated carbocycles. The van der Waals surface area contributed by atoms with Gasteiger partial charge in [0.25, 0.3) is 0 Å². The number of aliphatic hydroxyl groups is 2. The minimum Gasteiger partial charge on any atom is -0.450 e. The molecular weight excluding hydrogens is 392 g/mol. The van der Waals surface area contributed by atoms with Gasteiger partial charge in [-0.1, -0.05) is 23.7 Å². The fourth-order valence-corrected chi connectivity index (χ4v) is 4.79. The number of carbonyl (C=O) groups excluding carboxylic acids is 1. The monoisotopic (exact) mass is 416 g/mol. The zero-order valence-electron chi connectivity index (χ0n) is 16.4. The number of fused-ring (bicyclic) bond motifs is 2. The summed E-state index contributed by atoms with van der Waals surface area (Å²) < 4.78 is 5.08. The first-order valence-corrected chi connectivity index (χ1v) is 10.4. The van der Waals surface area contributed by atoms with Crippen molar-refractivity contribution in [2.45, 2.75) is 43.8 Å². The van der Waals surface area contributed by atoms with Crippen LogP contribution in [0.15, 0.2) is 36.5 Å². The Kier molecular flexibility index (Phi) is 5.27. The number of aryl methyl sites for hydroxylation is 2. The van der Waals surface area contributed by atoms with Gasteiger partial charge in [0.2, 0.25) is 0 Å². The lowest BCUT2D eigenvalue weighted by Crippen LogP contribution is -2.59. The number of aromatic nitrogens is 1. The van der Waals surface area contributed by atoms with E-state index in [1.807, 2.05) is 18.2 Å². The topological polar surface area (TPSA) is 82.9 Å². The SMILES string of the molecule is CCOC(=O)N1CCC(O)(C2(O)c3ccc(Cl)cc3CCc3cccnc32)CC1. The van der Waals surface area contributed by atoms with E-state index in [1.165, 1.54) is 0 Å². The summed E-state index contributed by atoms with van der Waals surface area (Å²) in [6.45, 7) is 2.65. The number of benzene rings is 1. The highest BCUT2D eigenvalue weighted by molar-refractivity contribution is 6.30. The molecule has 0 radical (unpaired) electrons. The first-order chi connectivity index (χ1) is 13.9. The van der Waals surface area contributed by atoms with Crippen molar-refractivity contribution in [2.24, 2.45) is 0 Å². The zero-order chi connectivity index (χ0) is 20.6. The molecule has 1 fully saturated rings. The minimum absolute atomic E-state index is 0.209. The Bertz CT molecular complexity index is 927. The summed E-state index contributed by atoms with van der Waals surface area (Å²) >= 11 is 6.22. The van der Waals surface area contributed by atoms with E-state index in [2.05, 4.69) is 4.98 Å². The van der Waals surface area contributed by atoms with Gasteiger partial charge in [-0.25, -0.2) is 4.79 Å². The molecule has 154 valence electrons. The third-order valence-electron chi connectivity index (χ3n) is 6.14. The number of carbonyl (C=O) groups is 1. The Morgan fingerprint density at radius 1 is 1.21 bits per heavy atom. The third-order valence-corrected chi connectivity index (χ3v) is 6.38. The van der Waals surface area contributed by atoms with Crippen LogP contribution in [0.1, 0.15) is 42.1 Å². The third kappa shape index (κ3) is 3.29. The molecule has 1 amide bonds. The van der Waals surface area contributed by atoms with Crippen LogP contribution in [0.25, 0.3) is 0 Å². The van der Waals surface area contributed by atoms with Gasteiger partial charge in [0, 0.05) is 24.3 Å². The van der Waals surface area contributed by atoms with Gasteiger partial charge in [0.15, 0.2) is 5.60 Å².